The van der Waals surface area contributed by atoms with Gasteiger partial charge in [-0.05, 0) is 37.3 Å². The van der Waals surface area contributed by atoms with Crippen molar-refractivity contribution in [2.75, 3.05) is 6.61 Å². The summed E-state index contributed by atoms with van der Waals surface area (Å²) in [6, 6.07) is 8.17. The number of nitrogens with zero attached hydrogens (tertiary/aromatic N) is 3. The summed E-state index contributed by atoms with van der Waals surface area (Å²) in [4.78, 5) is 27.7. The van der Waals surface area contributed by atoms with E-state index in [2.05, 4.69) is 10.1 Å². The quantitative estimate of drug-likeness (QED) is 0.635. The maximum Gasteiger partial charge on any atom is 0.341 e. The van der Waals surface area contributed by atoms with Gasteiger partial charge in [-0.25, -0.2) is 19.3 Å². The molecule has 8 nitrogen and oxygen atoms in total. The first-order chi connectivity index (χ1) is 12.2. The zero-order valence-corrected chi connectivity index (χ0v) is 13.4. The average Bonchev–Trinajstić information content (AvgIpc) is 3.31. The molecule has 0 fully saturated rings. The molecular weight excluding hydrogens is 326 g/mol. The van der Waals surface area contributed by atoms with Gasteiger partial charge < -0.3 is 13.9 Å². The van der Waals surface area contributed by atoms with Gasteiger partial charge in [-0.15, -0.1) is 0 Å². The van der Waals surface area contributed by atoms with Crippen molar-refractivity contribution in [2.45, 2.75) is 13.5 Å². The van der Waals surface area contributed by atoms with Gasteiger partial charge in [0.15, 0.2) is 12.4 Å². The molecule has 25 heavy (non-hydrogen) atoms. The highest BCUT2D eigenvalue weighted by Crippen LogP contribution is 2.15. The van der Waals surface area contributed by atoms with Crippen molar-refractivity contribution in [3.63, 3.8) is 0 Å². The minimum Gasteiger partial charge on any atom is -0.465 e. The van der Waals surface area contributed by atoms with Crippen molar-refractivity contribution in [1.82, 2.24) is 14.8 Å². The number of hydrogen-bond acceptors (Lipinski definition) is 7. The molecule has 0 spiro atoms. The lowest BCUT2D eigenvalue weighted by Gasteiger charge is -2.06. The summed E-state index contributed by atoms with van der Waals surface area (Å²) in [6.45, 7) is 1.80. The molecule has 3 rings (SSSR count). The first-order valence-corrected chi connectivity index (χ1v) is 7.54. The Morgan fingerprint density at radius 2 is 1.92 bits per heavy atom. The molecular formula is C17H15N3O5. The predicted molar refractivity (Wildman–Crippen MR) is 85.1 cm³/mol. The van der Waals surface area contributed by atoms with E-state index in [1.54, 1.807) is 42.2 Å². The maximum absolute atomic E-state index is 12.1. The molecule has 2 aromatic heterocycles. The van der Waals surface area contributed by atoms with Gasteiger partial charge in [-0.3, -0.25) is 0 Å². The molecule has 0 bridgehead atoms. The molecule has 8 heteroatoms. The molecule has 0 saturated heterocycles. The van der Waals surface area contributed by atoms with E-state index >= 15 is 0 Å². The number of benzene rings is 1. The first kappa shape index (κ1) is 16.4. The minimum absolute atomic E-state index is 0.162. The number of hydrogen-bond donors (Lipinski definition) is 0. The number of carbonyl (C=O) groups is 2. The Morgan fingerprint density at radius 3 is 2.60 bits per heavy atom. The van der Waals surface area contributed by atoms with Gasteiger partial charge in [0.2, 0.25) is 0 Å². The molecule has 0 aliphatic heterocycles. The Hall–Kier alpha value is -3.42. The second kappa shape index (κ2) is 7.43. The number of furan rings is 1. The molecule has 0 radical (unpaired) electrons. The van der Waals surface area contributed by atoms with Crippen LogP contribution in [0.1, 0.15) is 33.4 Å². The minimum atomic E-state index is -0.531. The second-order valence-electron chi connectivity index (χ2n) is 4.94. The van der Waals surface area contributed by atoms with Crippen molar-refractivity contribution >= 4 is 11.9 Å². The van der Waals surface area contributed by atoms with E-state index in [0.29, 0.717) is 5.56 Å². The number of ether oxygens (including phenoxy) is 2. The Balaban J connectivity index is 1.63. The highest BCUT2D eigenvalue weighted by Gasteiger charge is 2.17. The average molecular weight is 341 g/mol. The van der Waals surface area contributed by atoms with Gasteiger partial charge in [0.1, 0.15) is 18.2 Å². The van der Waals surface area contributed by atoms with Crippen molar-refractivity contribution in [3.8, 4) is 5.69 Å². The molecule has 2 heterocycles. The van der Waals surface area contributed by atoms with Gasteiger partial charge in [-0.1, -0.05) is 0 Å². The van der Waals surface area contributed by atoms with Crippen molar-refractivity contribution in [3.05, 3.63) is 66.1 Å². The van der Waals surface area contributed by atoms with Crippen LogP contribution in [0.2, 0.25) is 0 Å². The molecule has 3 aromatic rings. The third kappa shape index (κ3) is 3.74. The first-order valence-electron chi connectivity index (χ1n) is 7.54. The Morgan fingerprint density at radius 1 is 1.12 bits per heavy atom. The van der Waals surface area contributed by atoms with E-state index in [-0.39, 0.29) is 24.5 Å². The summed E-state index contributed by atoms with van der Waals surface area (Å²) >= 11 is 0. The molecule has 0 unspecified atom stereocenters. The molecule has 1 aromatic carbocycles. The van der Waals surface area contributed by atoms with Crippen LogP contribution in [0.3, 0.4) is 0 Å². The van der Waals surface area contributed by atoms with E-state index in [0.717, 1.165) is 5.69 Å². The molecule has 0 aliphatic rings. The summed E-state index contributed by atoms with van der Waals surface area (Å²) in [5.41, 5.74) is 1.38. The van der Waals surface area contributed by atoms with E-state index in [1.165, 1.54) is 18.7 Å². The fourth-order valence-corrected chi connectivity index (χ4v) is 2.15. The predicted octanol–water partition coefficient (Wildman–Crippen LogP) is 2.39. The van der Waals surface area contributed by atoms with Gasteiger partial charge in [0.25, 0.3) is 0 Å². The fourth-order valence-electron chi connectivity index (χ4n) is 2.15. The largest absolute Gasteiger partial charge is 0.465 e. The normalized spacial score (nSPS) is 10.4. The highest BCUT2D eigenvalue weighted by molar-refractivity contribution is 5.91. The van der Waals surface area contributed by atoms with Crippen molar-refractivity contribution in [1.29, 1.82) is 0 Å². The molecule has 0 N–H and O–H groups in total. The zero-order chi connectivity index (χ0) is 17.6. The standard InChI is InChI=1S/C17H15N3O5/c1-2-23-17(22)14-7-8-24-15(14)9-25-16(21)12-3-5-13(6-4-12)20-11-18-10-19-20/h3-8,10-11H,2,9H2,1H3. The molecule has 0 amide bonds. The van der Waals surface area contributed by atoms with Gasteiger partial charge >= 0.3 is 11.9 Å². The van der Waals surface area contributed by atoms with Crippen LogP contribution in [0.15, 0.2) is 53.7 Å². The van der Waals surface area contributed by atoms with E-state index in [9.17, 15) is 9.59 Å². The van der Waals surface area contributed by atoms with Gasteiger partial charge in [0, 0.05) is 0 Å². The highest BCUT2D eigenvalue weighted by atomic mass is 16.5. The van der Waals surface area contributed by atoms with Crippen LogP contribution in [0.5, 0.6) is 0 Å². The van der Waals surface area contributed by atoms with E-state index < -0.39 is 11.9 Å². The van der Waals surface area contributed by atoms with Crippen LogP contribution in [0.4, 0.5) is 0 Å². The third-order valence-electron chi connectivity index (χ3n) is 3.36. The summed E-state index contributed by atoms with van der Waals surface area (Å²) in [5, 5.41) is 4.01. The lowest BCUT2D eigenvalue weighted by Crippen LogP contribution is -2.09. The second-order valence-corrected chi connectivity index (χ2v) is 4.94. The Kier molecular flexibility index (Phi) is 4.89. The smallest absolute Gasteiger partial charge is 0.341 e. The number of esters is 2. The lowest BCUT2D eigenvalue weighted by atomic mass is 10.2. The van der Waals surface area contributed by atoms with Crippen LogP contribution in [-0.2, 0) is 16.1 Å². The maximum atomic E-state index is 12.1. The Labute approximate surface area is 143 Å². The van der Waals surface area contributed by atoms with Crippen LogP contribution >= 0.6 is 0 Å². The van der Waals surface area contributed by atoms with Crippen LogP contribution in [0, 0.1) is 0 Å². The van der Waals surface area contributed by atoms with Crippen LogP contribution < -0.4 is 0 Å². The van der Waals surface area contributed by atoms with Gasteiger partial charge in [0.05, 0.1) is 24.1 Å². The monoisotopic (exact) mass is 341 g/mol. The van der Waals surface area contributed by atoms with Crippen LogP contribution in [0.25, 0.3) is 5.69 Å². The van der Waals surface area contributed by atoms with Crippen molar-refractivity contribution in [2.24, 2.45) is 0 Å². The summed E-state index contributed by atoms with van der Waals surface area (Å²) in [5.74, 6) is -0.804. The fraction of sp³-hybridized carbons (Fsp3) is 0.176. The van der Waals surface area contributed by atoms with Crippen molar-refractivity contribution < 1.29 is 23.5 Å². The molecule has 0 atom stereocenters. The Bertz CT molecular complexity index is 853. The zero-order valence-electron chi connectivity index (χ0n) is 13.4. The summed E-state index contributed by atoms with van der Waals surface area (Å²) in [7, 11) is 0. The number of aromatic nitrogens is 3. The number of rotatable bonds is 6. The molecule has 0 saturated carbocycles. The summed E-state index contributed by atoms with van der Waals surface area (Å²) < 4.78 is 16.9. The number of carbonyl (C=O) groups excluding carboxylic acids is 2. The van der Waals surface area contributed by atoms with E-state index in [4.69, 9.17) is 13.9 Å². The lowest BCUT2D eigenvalue weighted by molar-refractivity contribution is 0.0423. The van der Waals surface area contributed by atoms with Gasteiger partial charge in [-0.2, -0.15) is 5.10 Å². The molecule has 0 aliphatic carbocycles. The molecule has 128 valence electrons. The van der Waals surface area contributed by atoms with Crippen LogP contribution in [-0.4, -0.2) is 33.3 Å². The topological polar surface area (TPSA) is 96.5 Å². The summed E-state index contributed by atoms with van der Waals surface area (Å²) in [6.07, 6.45) is 4.33. The van der Waals surface area contributed by atoms with E-state index in [1.807, 2.05) is 0 Å². The third-order valence-corrected chi connectivity index (χ3v) is 3.36. The SMILES string of the molecule is CCOC(=O)c1ccoc1COC(=O)c1ccc(-n2cncn2)cc1.